The van der Waals surface area contributed by atoms with Crippen molar-refractivity contribution in [3.05, 3.63) is 29.3 Å². The number of nitrogens with one attached hydrogen (secondary N) is 2. The number of rotatable bonds is 10. The highest BCUT2D eigenvalue weighted by molar-refractivity contribution is 7.89. The Kier molecular flexibility index (Phi) is 12.0. The molecule has 0 saturated heterocycles. The number of alkyl halides is 3. The third-order valence-corrected chi connectivity index (χ3v) is 8.41. The van der Waals surface area contributed by atoms with Crippen molar-refractivity contribution < 1.29 is 36.2 Å². The second-order valence-electron chi connectivity index (χ2n) is 9.51. The fourth-order valence-electron chi connectivity index (χ4n) is 5.09. The highest BCUT2D eigenvalue weighted by atomic mass is 32.2. The van der Waals surface area contributed by atoms with E-state index in [1.54, 1.807) is 0 Å². The Morgan fingerprint density at radius 3 is 2.42 bits per heavy atom. The van der Waals surface area contributed by atoms with Crippen LogP contribution in [-0.2, 0) is 21.2 Å². The number of benzene rings is 1. The van der Waals surface area contributed by atoms with E-state index in [4.69, 9.17) is 14.6 Å². The highest BCUT2D eigenvalue weighted by Crippen LogP contribution is 2.41. The van der Waals surface area contributed by atoms with Crippen LogP contribution in [0.1, 0.15) is 75.3 Å². The first kappa shape index (κ1) is 30.4. The number of aryl methyl sites for hydroxylation is 1. The summed E-state index contributed by atoms with van der Waals surface area (Å²) < 4.78 is 63.8. The first-order chi connectivity index (χ1) is 17.0. The maximum absolute atomic E-state index is 11.8. The lowest BCUT2D eigenvalue weighted by Gasteiger charge is -2.37. The number of ether oxygens (including phenoxy) is 1. The summed E-state index contributed by atoms with van der Waals surface area (Å²) in [5.41, 5.74) is 2.89. The lowest BCUT2D eigenvalue weighted by atomic mass is 9.72. The minimum absolute atomic E-state index is 0.167. The number of carboxylic acids is 1. The average Bonchev–Trinajstić information content (AvgIpc) is 2.82. The Hall–Kier alpha value is -1.85. The number of carbonyl (C=O) groups is 1. The molecule has 1 saturated carbocycles. The van der Waals surface area contributed by atoms with Gasteiger partial charge in [0.1, 0.15) is 12.4 Å². The largest absolute Gasteiger partial charge is 0.492 e. The Bertz CT molecular complexity index is 934. The van der Waals surface area contributed by atoms with Gasteiger partial charge in [-0.15, -0.1) is 0 Å². The predicted molar refractivity (Wildman–Crippen MR) is 133 cm³/mol. The van der Waals surface area contributed by atoms with E-state index in [0.717, 1.165) is 18.1 Å². The van der Waals surface area contributed by atoms with Gasteiger partial charge in [-0.3, -0.25) is 0 Å². The van der Waals surface area contributed by atoms with Crippen molar-refractivity contribution in [2.45, 2.75) is 82.8 Å². The van der Waals surface area contributed by atoms with Gasteiger partial charge in [0.05, 0.1) is 5.75 Å². The molecule has 7 nitrogen and oxygen atoms in total. The molecule has 206 valence electrons. The van der Waals surface area contributed by atoms with Crippen molar-refractivity contribution in [1.82, 2.24) is 10.0 Å². The van der Waals surface area contributed by atoms with E-state index in [0.29, 0.717) is 31.5 Å². The fraction of sp³-hybridized carbons (Fsp3) is 0.720. The normalized spacial score (nSPS) is 20.7. The van der Waals surface area contributed by atoms with E-state index in [1.165, 1.54) is 56.1 Å². The molecule has 3 N–H and O–H groups in total. The van der Waals surface area contributed by atoms with Crippen LogP contribution in [0.3, 0.4) is 0 Å². The Balaban J connectivity index is 0.000000572. The number of aliphatic carboxylic acids is 1. The number of hydrogen-bond donors (Lipinski definition) is 3. The topological polar surface area (TPSA) is 105 Å². The van der Waals surface area contributed by atoms with Gasteiger partial charge in [-0.05, 0) is 67.8 Å². The van der Waals surface area contributed by atoms with E-state index in [-0.39, 0.29) is 5.75 Å². The Morgan fingerprint density at radius 2 is 1.83 bits per heavy atom. The Labute approximate surface area is 212 Å². The zero-order chi connectivity index (χ0) is 26.8. The monoisotopic (exact) mass is 536 g/mol. The summed E-state index contributed by atoms with van der Waals surface area (Å²) in [5.74, 6) is -0.358. The van der Waals surface area contributed by atoms with Gasteiger partial charge in [0.25, 0.3) is 0 Å². The molecule has 1 aromatic rings. The number of halogens is 3. The van der Waals surface area contributed by atoms with Gasteiger partial charge < -0.3 is 15.2 Å². The summed E-state index contributed by atoms with van der Waals surface area (Å²) in [5, 5.41) is 10.7. The smallest absolute Gasteiger partial charge is 0.490 e. The third kappa shape index (κ3) is 9.89. The van der Waals surface area contributed by atoms with Crippen LogP contribution in [0.15, 0.2) is 18.2 Å². The van der Waals surface area contributed by atoms with Crippen LogP contribution in [0.4, 0.5) is 13.2 Å². The molecule has 2 aliphatic rings. The quantitative estimate of drug-likeness (QED) is 0.377. The maximum Gasteiger partial charge on any atom is 0.490 e. The van der Waals surface area contributed by atoms with Crippen LogP contribution < -0.4 is 14.8 Å². The van der Waals surface area contributed by atoms with Gasteiger partial charge >= 0.3 is 12.1 Å². The molecule has 0 bridgehead atoms. The van der Waals surface area contributed by atoms with Crippen molar-refractivity contribution in [3.8, 4) is 5.75 Å². The predicted octanol–water partition coefficient (Wildman–Crippen LogP) is 4.62. The standard InChI is InChI=1S/C23H38N2O3S.C2HF3O2/c1-3-15-29(26,27)25-13-14-28-20-11-9-19-10-12-23(24-2)22(21(19)17-20)16-18-7-5-4-6-8-18;3-2(4,5)1(6)7/h9,11,17-18,22-25H,3-8,10,12-16H2,1-2H3;(H,6,7). The van der Waals surface area contributed by atoms with Gasteiger partial charge in [0.2, 0.25) is 10.0 Å². The summed E-state index contributed by atoms with van der Waals surface area (Å²) >= 11 is 0. The van der Waals surface area contributed by atoms with Crippen molar-refractivity contribution in [2.24, 2.45) is 5.92 Å². The molecular formula is C25H39F3N2O5S. The zero-order valence-corrected chi connectivity index (χ0v) is 21.9. The number of sulfonamides is 1. The minimum Gasteiger partial charge on any atom is -0.492 e. The summed E-state index contributed by atoms with van der Waals surface area (Å²) in [7, 11) is -1.09. The van der Waals surface area contributed by atoms with Gasteiger partial charge in [0, 0.05) is 12.6 Å². The minimum atomic E-state index is -5.08. The zero-order valence-electron chi connectivity index (χ0n) is 21.1. The van der Waals surface area contributed by atoms with Crippen LogP contribution in [0.2, 0.25) is 0 Å². The Morgan fingerprint density at radius 1 is 1.17 bits per heavy atom. The summed E-state index contributed by atoms with van der Waals surface area (Å²) in [4.78, 5) is 8.90. The molecule has 2 atom stereocenters. The molecule has 0 amide bonds. The van der Waals surface area contributed by atoms with Crippen LogP contribution in [0, 0.1) is 5.92 Å². The molecule has 0 radical (unpaired) electrons. The maximum atomic E-state index is 11.8. The fourth-order valence-corrected chi connectivity index (χ4v) is 6.17. The third-order valence-electron chi connectivity index (χ3n) is 6.82. The molecule has 0 aromatic heterocycles. The molecular weight excluding hydrogens is 497 g/mol. The number of hydrogen-bond acceptors (Lipinski definition) is 5. The summed E-state index contributed by atoms with van der Waals surface area (Å²) in [6.45, 7) is 2.53. The van der Waals surface area contributed by atoms with Crippen molar-refractivity contribution in [1.29, 1.82) is 0 Å². The van der Waals surface area contributed by atoms with Gasteiger partial charge in [-0.25, -0.2) is 17.9 Å². The second kappa shape index (κ2) is 14.2. The summed E-state index contributed by atoms with van der Waals surface area (Å²) in [6, 6.07) is 7.00. The first-order valence-corrected chi connectivity index (χ1v) is 14.3. The molecule has 2 unspecified atom stereocenters. The van der Waals surface area contributed by atoms with Gasteiger partial charge in [-0.2, -0.15) is 13.2 Å². The molecule has 0 heterocycles. The van der Waals surface area contributed by atoms with Crippen molar-refractivity contribution >= 4 is 16.0 Å². The number of likely N-dealkylation sites (N-methyl/N-ethyl adjacent to an activating group) is 1. The highest BCUT2D eigenvalue weighted by Gasteiger charge is 2.38. The van der Waals surface area contributed by atoms with Gasteiger partial charge in [-0.1, -0.05) is 45.1 Å². The SMILES string of the molecule is CCCS(=O)(=O)NCCOc1ccc2c(c1)C(CC1CCCCC1)C(NC)CC2.O=C(O)C(F)(F)F. The van der Waals surface area contributed by atoms with Crippen molar-refractivity contribution in [2.75, 3.05) is 26.0 Å². The van der Waals surface area contributed by atoms with Crippen molar-refractivity contribution in [3.63, 3.8) is 0 Å². The lowest BCUT2D eigenvalue weighted by Crippen LogP contribution is -2.37. The lowest BCUT2D eigenvalue weighted by molar-refractivity contribution is -0.192. The molecule has 3 rings (SSSR count). The van der Waals surface area contributed by atoms with Crippen LogP contribution in [0.25, 0.3) is 0 Å². The van der Waals surface area contributed by atoms with Gasteiger partial charge in [0.15, 0.2) is 0 Å². The number of fused-ring (bicyclic) bond motifs is 1. The van der Waals surface area contributed by atoms with Crippen LogP contribution in [0.5, 0.6) is 5.75 Å². The first-order valence-electron chi connectivity index (χ1n) is 12.7. The van der Waals surface area contributed by atoms with Crippen LogP contribution >= 0.6 is 0 Å². The van der Waals surface area contributed by atoms with E-state index in [1.807, 2.05) is 13.0 Å². The average molecular weight is 537 g/mol. The van der Waals surface area contributed by atoms with Crippen LogP contribution in [-0.4, -0.2) is 57.7 Å². The molecule has 1 aromatic carbocycles. The molecule has 11 heteroatoms. The van der Waals surface area contributed by atoms with E-state index < -0.39 is 22.2 Å². The van der Waals surface area contributed by atoms with E-state index in [2.05, 4.69) is 29.2 Å². The second-order valence-corrected chi connectivity index (χ2v) is 11.4. The molecule has 0 spiro atoms. The summed E-state index contributed by atoms with van der Waals surface area (Å²) in [6.07, 6.45) is 6.01. The number of carboxylic acid groups (broad SMARTS) is 1. The van der Waals surface area contributed by atoms with E-state index >= 15 is 0 Å². The molecule has 2 aliphatic carbocycles. The van der Waals surface area contributed by atoms with E-state index in [9.17, 15) is 21.6 Å². The molecule has 1 fully saturated rings. The molecule has 0 aliphatic heterocycles. The molecule has 36 heavy (non-hydrogen) atoms.